The molecular formula is C22H23N3O2. The zero-order chi connectivity index (χ0) is 19.2. The van der Waals surface area contributed by atoms with Crippen LogP contribution in [0.15, 0.2) is 60.8 Å². The summed E-state index contributed by atoms with van der Waals surface area (Å²) in [5.41, 5.74) is 5.27. The Kier molecular flexibility index (Phi) is 5.71. The van der Waals surface area contributed by atoms with E-state index in [1.165, 1.54) is 0 Å². The summed E-state index contributed by atoms with van der Waals surface area (Å²) in [6, 6.07) is 17.4. The van der Waals surface area contributed by atoms with Gasteiger partial charge < -0.3 is 15.4 Å². The molecule has 0 aliphatic carbocycles. The summed E-state index contributed by atoms with van der Waals surface area (Å²) in [7, 11) is 1.65. The molecule has 0 aliphatic heterocycles. The van der Waals surface area contributed by atoms with Gasteiger partial charge in [0.1, 0.15) is 11.4 Å². The highest BCUT2D eigenvalue weighted by atomic mass is 16.5. The Hall–Kier alpha value is -3.34. The lowest BCUT2D eigenvalue weighted by Gasteiger charge is -2.11. The molecule has 5 heteroatoms. The highest BCUT2D eigenvalue weighted by molar-refractivity contribution is 6.03. The summed E-state index contributed by atoms with van der Waals surface area (Å²) >= 11 is 0. The average Bonchev–Trinajstić information content (AvgIpc) is 2.70. The largest absolute Gasteiger partial charge is 0.497 e. The lowest BCUT2D eigenvalue weighted by atomic mass is 10.1. The van der Waals surface area contributed by atoms with Gasteiger partial charge in [-0.1, -0.05) is 30.3 Å². The van der Waals surface area contributed by atoms with E-state index < -0.39 is 0 Å². The fraction of sp³-hybridized carbons (Fsp3) is 0.182. The summed E-state index contributed by atoms with van der Waals surface area (Å²) in [6.45, 7) is 4.62. The molecule has 138 valence electrons. The van der Waals surface area contributed by atoms with Gasteiger partial charge in [-0.2, -0.15) is 0 Å². The van der Waals surface area contributed by atoms with Gasteiger partial charge in [0.15, 0.2) is 0 Å². The molecule has 0 spiro atoms. The van der Waals surface area contributed by atoms with Gasteiger partial charge in [-0.05, 0) is 54.8 Å². The SMILES string of the molecule is COc1ccc(CNc2ccc(C(=O)Nc3c(C)cccc3C)nc2)cc1. The van der Waals surface area contributed by atoms with Gasteiger partial charge in [-0.25, -0.2) is 4.98 Å². The molecule has 0 saturated carbocycles. The van der Waals surface area contributed by atoms with Crippen LogP contribution in [-0.2, 0) is 6.54 Å². The second kappa shape index (κ2) is 8.36. The first-order chi connectivity index (χ1) is 13.1. The summed E-state index contributed by atoms with van der Waals surface area (Å²) < 4.78 is 5.16. The molecule has 1 aromatic heterocycles. The number of methoxy groups -OCH3 is 1. The van der Waals surface area contributed by atoms with Crippen molar-refractivity contribution in [2.45, 2.75) is 20.4 Å². The van der Waals surface area contributed by atoms with Crippen molar-refractivity contribution in [3.8, 4) is 5.75 Å². The van der Waals surface area contributed by atoms with Gasteiger partial charge in [0.25, 0.3) is 5.91 Å². The van der Waals surface area contributed by atoms with Crippen LogP contribution in [0.5, 0.6) is 5.75 Å². The topological polar surface area (TPSA) is 63.2 Å². The van der Waals surface area contributed by atoms with Crippen LogP contribution in [0, 0.1) is 13.8 Å². The number of ether oxygens (including phenoxy) is 1. The molecule has 1 amide bonds. The number of carbonyl (C=O) groups is 1. The van der Waals surface area contributed by atoms with Gasteiger partial charge in [0.2, 0.25) is 0 Å². The maximum absolute atomic E-state index is 12.5. The number of benzene rings is 2. The number of rotatable bonds is 6. The highest BCUT2D eigenvalue weighted by Crippen LogP contribution is 2.20. The van der Waals surface area contributed by atoms with E-state index in [4.69, 9.17) is 4.74 Å². The number of amides is 1. The predicted octanol–water partition coefficient (Wildman–Crippen LogP) is 4.57. The van der Waals surface area contributed by atoms with Crippen molar-refractivity contribution >= 4 is 17.3 Å². The van der Waals surface area contributed by atoms with E-state index >= 15 is 0 Å². The third kappa shape index (κ3) is 4.64. The number of hydrogen-bond acceptors (Lipinski definition) is 4. The average molecular weight is 361 g/mol. The molecule has 3 rings (SSSR count). The standard InChI is InChI=1S/C22H23N3O2/c1-15-5-4-6-16(2)21(15)25-22(26)20-12-9-18(14-24-20)23-13-17-7-10-19(27-3)11-8-17/h4-12,14,23H,13H2,1-3H3,(H,25,26). The van der Waals surface area contributed by atoms with Crippen molar-refractivity contribution in [2.75, 3.05) is 17.7 Å². The monoisotopic (exact) mass is 361 g/mol. The van der Waals surface area contributed by atoms with Crippen molar-refractivity contribution in [1.29, 1.82) is 0 Å². The molecule has 0 saturated heterocycles. The first-order valence-corrected chi connectivity index (χ1v) is 8.77. The number of para-hydroxylation sites is 1. The molecule has 0 aliphatic rings. The first-order valence-electron chi connectivity index (χ1n) is 8.77. The van der Waals surface area contributed by atoms with E-state index in [9.17, 15) is 4.79 Å². The Bertz CT molecular complexity index is 899. The van der Waals surface area contributed by atoms with Gasteiger partial charge in [0.05, 0.1) is 19.0 Å². The fourth-order valence-electron chi connectivity index (χ4n) is 2.77. The lowest BCUT2D eigenvalue weighted by Crippen LogP contribution is -2.15. The molecule has 2 N–H and O–H groups in total. The zero-order valence-corrected chi connectivity index (χ0v) is 15.7. The van der Waals surface area contributed by atoms with E-state index in [1.807, 2.05) is 62.4 Å². The predicted molar refractivity (Wildman–Crippen MR) is 108 cm³/mol. The number of aryl methyl sites for hydroxylation is 2. The normalized spacial score (nSPS) is 10.3. The molecule has 0 bridgehead atoms. The molecule has 5 nitrogen and oxygen atoms in total. The van der Waals surface area contributed by atoms with Crippen molar-refractivity contribution in [3.63, 3.8) is 0 Å². The number of pyridine rings is 1. The minimum Gasteiger partial charge on any atom is -0.497 e. The zero-order valence-electron chi connectivity index (χ0n) is 15.7. The maximum atomic E-state index is 12.5. The van der Waals surface area contributed by atoms with Crippen molar-refractivity contribution in [1.82, 2.24) is 4.98 Å². The fourth-order valence-corrected chi connectivity index (χ4v) is 2.77. The lowest BCUT2D eigenvalue weighted by molar-refractivity contribution is 0.102. The molecular weight excluding hydrogens is 338 g/mol. The molecule has 2 aromatic carbocycles. The summed E-state index contributed by atoms with van der Waals surface area (Å²) in [4.78, 5) is 16.7. The van der Waals surface area contributed by atoms with E-state index in [0.717, 1.165) is 33.8 Å². The molecule has 0 atom stereocenters. The van der Waals surface area contributed by atoms with Crippen LogP contribution in [0.1, 0.15) is 27.2 Å². The van der Waals surface area contributed by atoms with Crippen LogP contribution >= 0.6 is 0 Å². The number of hydrogen-bond donors (Lipinski definition) is 2. The number of nitrogens with one attached hydrogen (secondary N) is 2. The third-order valence-electron chi connectivity index (χ3n) is 4.37. The van der Waals surface area contributed by atoms with Crippen LogP contribution in [-0.4, -0.2) is 18.0 Å². The molecule has 0 radical (unpaired) electrons. The Labute approximate surface area is 159 Å². The molecule has 3 aromatic rings. The van der Waals surface area contributed by atoms with Crippen molar-refractivity contribution in [3.05, 3.63) is 83.2 Å². The van der Waals surface area contributed by atoms with E-state index in [-0.39, 0.29) is 5.91 Å². The van der Waals surface area contributed by atoms with Crippen LogP contribution in [0.3, 0.4) is 0 Å². The Morgan fingerprint density at radius 3 is 2.30 bits per heavy atom. The van der Waals surface area contributed by atoms with Crippen LogP contribution in [0.2, 0.25) is 0 Å². The number of nitrogens with zero attached hydrogens (tertiary/aromatic N) is 1. The molecule has 1 heterocycles. The van der Waals surface area contributed by atoms with Gasteiger partial charge in [-0.3, -0.25) is 4.79 Å². The number of carbonyl (C=O) groups excluding carboxylic acids is 1. The van der Waals surface area contributed by atoms with Gasteiger partial charge in [-0.15, -0.1) is 0 Å². The number of anilines is 2. The van der Waals surface area contributed by atoms with E-state index in [1.54, 1.807) is 19.4 Å². The molecule has 27 heavy (non-hydrogen) atoms. The number of aromatic nitrogens is 1. The van der Waals surface area contributed by atoms with Gasteiger partial charge >= 0.3 is 0 Å². The van der Waals surface area contributed by atoms with Crippen LogP contribution in [0.4, 0.5) is 11.4 Å². The Balaban J connectivity index is 1.61. The second-order valence-electron chi connectivity index (χ2n) is 6.35. The summed E-state index contributed by atoms with van der Waals surface area (Å²) in [5.74, 6) is 0.619. The second-order valence-corrected chi connectivity index (χ2v) is 6.35. The Morgan fingerprint density at radius 2 is 1.70 bits per heavy atom. The van der Waals surface area contributed by atoms with Gasteiger partial charge in [0, 0.05) is 12.2 Å². The third-order valence-corrected chi connectivity index (χ3v) is 4.37. The van der Waals surface area contributed by atoms with E-state index in [0.29, 0.717) is 12.2 Å². The minimum atomic E-state index is -0.214. The highest BCUT2D eigenvalue weighted by Gasteiger charge is 2.10. The summed E-state index contributed by atoms with van der Waals surface area (Å²) in [6.07, 6.45) is 1.67. The van der Waals surface area contributed by atoms with Crippen molar-refractivity contribution in [2.24, 2.45) is 0 Å². The van der Waals surface area contributed by atoms with E-state index in [2.05, 4.69) is 15.6 Å². The smallest absolute Gasteiger partial charge is 0.274 e. The minimum absolute atomic E-state index is 0.214. The van der Waals surface area contributed by atoms with Crippen molar-refractivity contribution < 1.29 is 9.53 Å². The first kappa shape index (κ1) is 18.5. The maximum Gasteiger partial charge on any atom is 0.274 e. The quantitative estimate of drug-likeness (QED) is 0.675. The van der Waals surface area contributed by atoms with Crippen LogP contribution < -0.4 is 15.4 Å². The Morgan fingerprint density at radius 1 is 1.00 bits per heavy atom. The summed E-state index contributed by atoms with van der Waals surface area (Å²) in [5, 5.41) is 6.25. The molecule has 0 unspecified atom stereocenters. The molecule has 0 fully saturated rings. The van der Waals surface area contributed by atoms with Crippen LogP contribution in [0.25, 0.3) is 0 Å².